The van der Waals surface area contributed by atoms with Gasteiger partial charge in [-0.3, -0.25) is 9.59 Å². The van der Waals surface area contributed by atoms with Crippen LogP contribution in [0, 0.1) is 25.2 Å². The zero-order valence-corrected chi connectivity index (χ0v) is 17.0. The number of aromatic nitrogens is 1. The lowest BCUT2D eigenvalue weighted by molar-refractivity contribution is -0.137. The number of morpholine rings is 1. The van der Waals surface area contributed by atoms with Gasteiger partial charge in [-0.1, -0.05) is 0 Å². The number of hydrogen-bond acceptors (Lipinski definition) is 5. The fourth-order valence-electron chi connectivity index (χ4n) is 3.49. The van der Waals surface area contributed by atoms with E-state index in [-0.39, 0.29) is 11.3 Å². The van der Waals surface area contributed by atoms with Crippen LogP contribution in [0.5, 0.6) is 0 Å². The Morgan fingerprint density at radius 1 is 1.23 bits per heavy atom. The molecule has 0 spiro atoms. The van der Waals surface area contributed by atoms with Crippen molar-refractivity contribution in [3.05, 3.63) is 57.0 Å². The monoisotopic (exact) mass is 434 g/mol. The number of amides is 1. The highest BCUT2D eigenvalue weighted by Gasteiger charge is 2.32. The lowest BCUT2D eigenvalue weighted by Gasteiger charge is -2.31. The summed E-state index contributed by atoms with van der Waals surface area (Å²) in [4.78, 5) is 27.0. The van der Waals surface area contributed by atoms with E-state index in [9.17, 15) is 28.0 Å². The summed E-state index contributed by atoms with van der Waals surface area (Å²) in [5.41, 5.74) is -0.187. The summed E-state index contributed by atoms with van der Waals surface area (Å²) in [7, 11) is 0. The smallest absolute Gasteiger partial charge is 0.378 e. The normalized spacial score (nSPS) is 14.3. The van der Waals surface area contributed by atoms with Gasteiger partial charge in [0.1, 0.15) is 18.2 Å². The van der Waals surface area contributed by atoms with Gasteiger partial charge in [-0.2, -0.15) is 18.4 Å². The molecule has 31 heavy (non-hydrogen) atoms. The summed E-state index contributed by atoms with van der Waals surface area (Å²) in [6, 6.07) is 6.60. The molecule has 1 aromatic carbocycles. The second kappa shape index (κ2) is 8.81. The molecule has 1 aromatic heterocycles. The van der Waals surface area contributed by atoms with Crippen LogP contribution in [0.4, 0.5) is 24.5 Å². The number of aryl methyl sites for hydroxylation is 2. The number of nitrogens with zero attached hydrogens (tertiary/aromatic N) is 3. The summed E-state index contributed by atoms with van der Waals surface area (Å²) in [5.74, 6) is -0.674. The van der Waals surface area contributed by atoms with Crippen LogP contribution in [0.25, 0.3) is 0 Å². The minimum Gasteiger partial charge on any atom is -0.378 e. The topological polar surface area (TPSA) is 87.4 Å². The highest BCUT2D eigenvalue weighted by atomic mass is 19.4. The van der Waals surface area contributed by atoms with E-state index in [1.165, 1.54) is 6.07 Å². The first-order valence-corrected chi connectivity index (χ1v) is 9.56. The Kier molecular flexibility index (Phi) is 6.36. The number of nitrogens with one attached hydrogen (secondary N) is 1. The molecule has 0 bridgehead atoms. The number of rotatable bonds is 4. The van der Waals surface area contributed by atoms with Gasteiger partial charge in [0, 0.05) is 18.8 Å². The summed E-state index contributed by atoms with van der Waals surface area (Å²) in [6.45, 7) is 4.58. The molecule has 0 radical (unpaired) electrons. The number of carbonyl (C=O) groups is 1. The average Bonchev–Trinajstić information content (AvgIpc) is 2.71. The first-order valence-electron chi connectivity index (χ1n) is 9.56. The van der Waals surface area contributed by atoms with Gasteiger partial charge in [-0.15, -0.1) is 0 Å². The van der Waals surface area contributed by atoms with Crippen molar-refractivity contribution in [2.45, 2.75) is 26.6 Å². The Balaban J connectivity index is 1.93. The lowest BCUT2D eigenvalue weighted by atomic mass is 10.1. The highest BCUT2D eigenvalue weighted by molar-refractivity contribution is 5.94. The standard InChI is InChI=1S/C21H21F3N4O3/c1-13-9-14(2)28(20(30)16(13)11-25)12-19(29)26-17-10-15(21(22,23)24)3-4-18(17)27-5-7-31-8-6-27/h3-4,9-10H,5-8,12H2,1-2H3,(H,26,29). The molecule has 2 heterocycles. The second-order valence-electron chi connectivity index (χ2n) is 7.22. The average molecular weight is 434 g/mol. The van der Waals surface area contributed by atoms with Gasteiger partial charge < -0.3 is 19.5 Å². The van der Waals surface area contributed by atoms with Crippen molar-refractivity contribution in [2.24, 2.45) is 0 Å². The quantitative estimate of drug-likeness (QED) is 0.800. The fraction of sp³-hybridized carbons (Fsp3) is 0.381. The first kappa shape index (κ1) is 22.4. The number of alkyl halides is 3. The maximum Gasteiger partial charge on any atom is 0.416 e. The van der Waals surface area contributed by atoms with Gasteiger partial charge in [-0.25, -0.2) is 0 Å². The van der Waals surface area contributed by atoms with Gasteiger partial charge in [0.2, 0.25) is 5.91 Å². The van der Waals surface area contributed by atoms with Gasteiger partial charge in [0.05, 0.1) is 30.2 Å². The van der Waals surface area contributed by atoms with Crippen LogP contribution < -0.4 is 15.8 Å². The van der Waals surface area contributed by atoms with Crippen molar-refractivity contribution in [1.29, 1.82) is 5.26 Å². The van der Waals surface area contributed by atoms with Gasteiger partial charge in [0.25, 0.3) is 5.56 Å². The molecule has 1 saturated heterocycles. The molecule has 10 heteroatoms. The highest BCUT2D eigenvalue weighted by Crippen LogP contribution is 2.35. The predicted molar refractivity (Wildman–Crippen MR) is 108 cm³/mol. The number of benzene rings is 1. The maximum atomic E-state index is 13.2. The molecular formula is C21H21F3N4O3. The van der Waals surface area contributed by atoms with Crippen LogP contribution in [0.2, 0.25) is 0 Å². The van der Waals surface area contributed by atoms with E-state index in [2.05, 4.69) is 5.32 Å². The number of hydrogen-bond donors (Lipinski definition) is 1. The Bertz CT molecular complexity index is 1100. The molecule has 1 aliphatic rings. The molecule has 164 valence electrons. The minimum atomic E-state index is -4.57. The Morgan fingerprint density at radius 3 is 2.52 bits per heavy atom. The lowest BCUT2D eigenvalue weighted by Crippen LogP contribution is -2.37. The molecule has 0 atom stereocenters. The van der Waals surface area contributed by atoms with E-state index in [0.717, 1.165) is 16.7 Å². The van der Waals surface area contributed by atoms with Crippen LogP contribution in [0.1, 0.15) is 22.4 Å². The van der Waals surface area contributed by atoms with Gasteiger partial charge in [0.15, 0.2) is 0 Å². The third-order valence-electron chi connectivity index (χ3n) is 5.07. The van der Waals surface area contributed by atoms with Crippen molar-refractivity contribution in [3.8, 4) is 6.07 Å². The third-order valence-corrected chi connectivity index (χ3v) is 5.07. The van der Waals surface area contributed by atoms with Gasteiger partial charge in [-0.05, 0) is 43.7 Å². The Hall–Kier alpha value is -3.32. The van der Waals surface area contributed by atoms with Crippen LogP contribution >= 0.6 is 0 Å². The molecule has 1 N–H and O–H groups in total. The van der Waals surface area contributed by atoms with Crippen molar-refractivity contribution < 1.29 is 22.7 Å². The molecule has 1 aliphatic heterocycles. The van der Waals surface area contributed by atoms with E-state index in [1.54, 1.807) is 19.9 Å². The number of halogens is 3. The number of pyridine rings is 1. The minimum absolute atomic E-state index is 0.0000420. The molecule has 1 amide bonds. The van der Waals surface area contributed by atoms with E-state index in [4.69, 9.17) is 4.74 Å². The zero-order valence-electron chi connectivity index (χ0n) is 17.0. The summed E-state index contributed by atoms with van der Waals surface area (Å²) in [6.07, 6.45) is -4.57. The largest absolute Gasteiger partial charge is 0.416 e. The molecule has 7 nitrogen and oxygen atoms in total. The van der Waals surface area contributed by atoms with Crippen LogP contribution in [0.15, 0.2) is 29.1 Å². The molecule has 0 unspecified atom stereocenters. The SMILES string of the molecule is Cc1cc(C)n(CC(=O)Nc2cc(C(F)(F)F)ccc2N2CCOCC2)c(=O)c1C#N. The molecule has 3 rings (SSSR count). The zero-order chi connectivity index (χ0) is 22.8. The van der Waals surface area contributed by atoms with Crippen molar-refractivity contribution in [2.75, 3.05) is 36.5 Å². The van der Waals surface area contributed by atoms with Crippen LogP contribution in [0.3, 0.4) is 0 Å². The summed E-state index contributed by atoms with van der Waals surface area (Å²) in [5, 5.41) is 11.7. The first-order chi connectivity index (χ1) is 14.6. The van der Waals surface area contributed by atoms with Crippen molar-refractivity contribution in [1.82, 2.24) is 4.57 Å². The number of anilines is 2. The van der Waals surface area contributed by atoms with Crippen molar-refractivity contribution >= 4 is 17.3 Å². The van der Waals surface area contributed by atoms with Crippen LogP contribution in [-0.2, 0) is 22.3 Å². The summed E-state index contributed by atoms with van der Waals surface area (Å²) < 4.78 is 46.1. The summed E-state index contributed by atoms with van der Waals surface area (Å²) >= 11 is 0. The maximum absolute atomic E-state index is 13.2. The number of nitriles is 1. The molecular weight excluding hydrogens is 413 g/mol. The van der Waals surface area contributed by atoms with Crippen molar-refractivity contribution in [3.63, 3.8) is 0 Å². The van der Waals surface area contributed by atoms with E-state index >= 15 is 0 Å². The second-order valence-corrected chi connectivity index (χ2v) is 7.22. The van der Waals surface area contributed by atoms with E-state index in [1.807, 2.05) is 11.0 Å². The Morgan fingerprint density at radius 2 is 1.90 bits per heavy atom. The fourth-order valence-corrected chi connectivity index (χ4v) is 3.49. The third kappa shape index (κ3) is 4.88. The molecule has 0 aliphatic carbocycles. The Labute approximate surface area is 176 Å². The van der Waals surface area contributed by atoms with E-state index < -0.39 is 29.8 Å². The van der Waals surface area contributed by atoms with Gasteiger partial charge >= 0.3 is 6.18 Å². The predicted octanol–water partition coefficient (Wildman–Crippen LogP) is 2.83. The molecule has 1 fully saturated rings. The number of carbonyl (C=O) groups excluding carboxylic acids is 1. The molecule has 2 aromatic rings. The number of ether oxygens (including phenoxy) is 1. The molecule has 0 saturated carbocycles. The van der Waals surface area contributed by atoms with Crippen LogP contribution in [-0.4, -0.2) is 36.8 Å². The van der Waals surface area contributed by atoms with E-state index in [0.29, 0.717) is 43.2 Å².